The molecule has 1 aliphatic heterocycles. The van der Waals surface area contributed by atoms with E-state index < -0.39 is 65.0 Å². The molecule has 4 amide bonds. The van der Waals surface area contributed by atoms with Crippen molar-refractivity contribution in [3.63, 3.8) is 0 Å². The average molecular weight is 665 g/mol. The van der Waals surface area contributed by atoms with Crippen LogP contribution in [-0.2, 0) is 35.1 Å². The number of hydrogen-bond donors (Lipinski definition) is 2. The number of hydrogen-bond acceptors (Lipinski definition) is 7. The van der Waals surface area contributed by atoms with Crippen LogP contribution in [0.25, 0.3) is 10.8 Å². The number of likely N-dealkylation sites (tertiary alicyclic amines) is 1. The third-order valence-corrected chi connectivity index (χ3v) is 8.57. The molecule has 0 unspecified atom stereocenters. The molecule has 0 bridgehead atoms. The second kappa shape index (κ2) is 15.7. The van der Waals surface area contributed by atoms with Crippen LogP contribution in [-0.4, -0.2) is 90.1 Å². The summed E-state index contributed by atoms with van der Waals surface area (Å²) in [6, 6.07) is 9.86. The summed E-state index contributed by atoms with van der Waals surface area (Å²) < 4.78 is 10.5. The maximum absolute atomic E-state index is 14.3. The van der Waals surface area contributed by atoms with E-state index in [-0.39, 0.29) is 18.9 Å². The van der Waals surface area contributed by atoms with Gasteiger partial charge in [0, 0.05) is 20.0 Å². The number of esters is 1. The first-order valence-electron chi connectivity index (χ1n) is 16.4. The molecule has 2 aromatic carbocycles. The molecule has 2 N–H and O–H groups in total. The summed E-state index contributed by atoms with van der Waals surface area (Å²) in [4.78, 5) is 69.9. The van der Waals surface area contributed by atoms with Gasteiger partial charge in [0.25, 0.3) is 0 Å². The van der Waals surface area contributed by atoms with Crippen molar-refractivity contribution in [2.24, 2.45) is 11.3 Å². The van der Waals surface area contributed by atoms with Gasteiger partial charge in [0.05, 0.1) is 7.11 Å². The Kier molecular flexibility index (Phi) is 12.4. The minimum atomic E-state index is -1.02. The van der Waals surface area contributed by atoms with Crippen molar-refractivity contribution in [2.75, 3.05) is 20.7 Å². The zero-order valence-corrected chi connectivity index (χ0v) is 29.8. The van der Waals surface area contributed by atoms with Crippen LogP contribution < -0.4 is 10.6 Å². The third-order valence-electron chi connectivity index (χ3n) is 8.57. The highest BCUT2D eigenvalue weighted by atomic mass is 16.6. The van der Waals surface area contributed by atoms with Crippen molar-refractivity contribution in [3.8, 4) is 0 Å². The fourth-order valence-electron chi connectivity index (χ4n) is 5.77. The van der Waals surface area contributed by atoms with Gasteiger partial charge in [-0.1, -0.05) is 69.3 Å². The number of allylic oxidation sites excluding steroid dienone is 1. The Labute approximate surface area is 284 Å². The molecule has 2 aromatic rings. The van der Waals surface area contributed by atoms with Crippen LogP contribution in [0.3, 0.4) is 0 Å². The van der Waals surface area contributed by atoms with E-state index in [9.17, 15) is 24.0 Å². The second-order valence-electron chi connectivity index (χ2n) is 14.7. The summed E-state index contributed by atoms with van der Waals surface area (Å²) in [6.45, 7) is 16.3. The number of rotatable bonds is 11. The lowest BCUT2D eigenvalue weighted by atomic mass is 9.85. The third kappa shape index (κ3) is 9.81. The zero-order valence-electron chi connectivity index (χ0n) is 29.8. The summed E-state index contributed by atoms with van der Waals surface area (Å²) >= 11 is 0. The van der Waals surface area contributed by atoms with E-state index in [0.29, 0.717) is 12.8 Å². The molecular weight excluding hydrogens is 612 g/mol. The monoisotopic (exact) mass is 664 g/mol. The molecule has 262 valence electrons. The molecular formula is C37H52N4O7. The van der Waals surface area contributed by atoms with Gasteiger partial charge in [0.1, 0.15) is 29.8 Å². The number of likely N-dealkylation sites (N-methyl/N-ethyl adjacent to an activating group) is 1. The quantitative estimate of drug-likeness (QED) is 0.265. The van der Waals surface area contributed by atoms with E-state index >= 15 is 0 Å². The standard InChI is InChI=1S/C37H52N4O7/c1-11-14-25-21-29(32(43)38-28(34(45)47-10)20-24-17-18-26-15-12-13-16-27(26)19-24)41(22-25)33(44)30(36(3,4)5)39-31(42)23(2)40(9)35(46)48-37(6,7)8/h11-13,15-19,23,25,28-30H,1,14,20-22H2,2-10H3,(H,38,43)(H,39,42)/t23-,25-,28-,29-,30+/m0/s1. The van der Waals surface area contributed by atoms with Gasteiger partial charge in [-0.25, -0.2) is 9.59 Å². The van der Waals surface area contributed by atoms with E-state index in [1.54, 1.807) is 33.8 Å². The highest BCUT2D eigenvalue weighted by Gasteiger charge is 2.45. The molecule has 1 fully saturated rings. The van der Waals surface area contributed by atoms with Crippen molar-refractivity contribution in [1.29, 1.82) is 0 Å². The number of nitrogens with one attached hydrogen (secondary N) is 2. The molecule has 0 aliphatic carbocycles. The maximum Gasteiger partial charge on any atom is 0.410 e. The lowest BCUT2D eigenvalue weighted by Crippen LogP contribution is -2.60. The molecule has 11 nitrogen and oxygen atoms in total. The molecule has 11 heteroatoms. The van der Waals surface area contributed by atoms with Crippen LogP contribution >= 0.6 is 0 Å². The number of nitrogens with zero attached hydrogens (tertiary/aromatic N) is 2. The van der Waals surface area contributed by atoms with Gasteiger partial charge >= 0.3 is 12.1 Å². The summed E-state index contributed by atoms with van der Waals surface area (Å²) in [5, 5.41) is 7.77. The molecule has 1 aliphatic rings. The molecule has 0 aromatic heterocycles. The lowest BCUT2D eigenvalue weighted by Gasteiger charge is -2.37. The van der Waals surface area contributed by atoms with Crippen molar-refractivity contribution in [3.05, 3.63) is 60.7 Å². The van der Waals surface area contributed by atoms with Gasteiger partial charge in [0.15, 0.2) is 0 Å². The summed E-state index contributed by atoms with van der Waals surface area (Å²) in [6.07, 6.45) is 2.22. The molecule has 1 heterocycles. The Hall–Kier alpha value is -4.41. The molecule has 0 saturated carbocycles. The fourth-order valence-corrected chi connectivity index (χ4v) is 5.77. The first kappa shape index (κ1) is 38.0. The number of fused-ring (bicyclic) bond motifs is 1. The molecule has 0 radical (unpaired) electrons. The topological polar surface area (TPSA) is 134 Å². The van der Waals surface area contributed by atoms with Crippen molar-refractivity contribution >= 4 is 40.6 Å². The zero-order chi connectivity index (χ0) is 36.0. The molecule has 3 rings (SSSR count). The lowest BCUT2D eigenvalue weighted by molar-refractivity contribution is -0.147. The van der Waals surface area contributed by atoms with E-state index in [1.807, 2.05) is 63.2 Å². The number of benzene rings is 2. The van der Waals surface area contributed by atoms with Gasteiger partial charge in [0.2, 0.25) is 17.7 Å². The Bertz CT molecular complexity index is 1510. The number of ether oxygens (including phenoxy) is 2. The Morgan fingerprint density at radius 1 is 1.02 bits per heavy atom. The Balaban J connectivity index is 1.84. The molecule has 0 spiro atoms. The molecule has 48 heavy (non-hydrogen) atoms. The van der Waals surface area contributed by atoms with Crippen molar-refractivity contribution in [1.82, 2.24) is 20.4 Å². The molecule has 1 saturated heterocycles. The minimum Gasteiger partial charge on any atom is -0.467 e. The van der Waals surface area contributed by atoms with Crippen LogP contribution in [0.5, 0.6) is 0 Å². The highest BCUT2D eigenvalue weighted by molar-refractivity contribution is 5.95. The number of amides is 4. The largest absolute Gasteiger partial charge is 0.467 e. The average Bonchev–Trinajstić information content (AvgIpc) is 3.44. The Morgan fingerprint density at radius 3 is 2.25 bits per heavy atom. The maximum atomic E-state index is 14.3. The predicted molar refractivity (Wildman–Crippen MR) is 185 cm³/mol. The van der Waals surface area contributed by atoms with Gasteiger partial charge in [-0.3, -0.25) is 19.3 Å². The number of carbonyl (C=O) groups is 5. The van der Waals surface area contributed by atoms with Crippen LogP contribution in [0.2, 0.25) is 0 Å². The van der Waals surface area contributed by atoms with Crippen LogP contribution in [0, 0.1) is 11.3 Å². The van der Waals surface area contributed by atoms with E-state index in [2.05, 4.69) is 17.2 Å². The van der Waals surface area contributed by atoms with Crippen LogP contribution in [0.4, 0.5) is 4.79 Å². The van der Waals surface area contributed by atoms with Crippen LogP contribution in [0.15, 0.2) is 55.1 Å². The van der Waals surface area contributed by atoms with Gasteiger partial charge in [-0.05, 0) is 68.2 Å². The van der Waals surface area contributed by atoms with Crippen molar-refractivity contribution in [2.45, 2.75) is 97.5 Å². The van der Waals surface area contributed by atoms with E-state index in [0.717, 1.165) is 16.3 Å². The first-order chi connectivity index (χ1) is 22.4. The Morgan fingerprint density at radius 2 is 1.67 bits per heavy atom. The van der Waals surface area contributed by atoms with Crippen LogP contribution in [0.1, 0.15) is 66.9 Å². The number of methoxy groups -OCH3 is 1. The van der Waals surface area contributed by atoms with Gasteiger partial charge in [-0.15, -0.1) is 6.58 Å². The van der Waals surface area contributed by atoms with E-state index in [1.165, 1.54) is 24.0 Å². The summed E-state index contributed by atoms with van der Waals surface area (Å²) in [5.41, 5.74) is -0.658. The SMILES string of the molecule is C=CC[C@H]1C[C@@H](C(=O)N[C@@H](Cc2ccc3ccccc3c2)C(=O)OC)N(C(=O)[C@@H](NC(=O)[C@H](C)N(C)C(=O)OC(C)(C)C)C(C)(C)C)C1. The predicted octanol–water partition coefficient (Wildman–Crippen LogP) is 4.62. The highest BCUT2D eigenvalue weighted by Crippen LogP contribution is 2.31. The first-order valence-corrected chi connectivity index (χ1v) is 16.4. The normalized spacial score (nSPS) is 18.3. The minimum absolute atomic E-state index is 0.0483. The number of carbonyl (C=O) groups excluding carboxylic acids is 5. The van der Waals surface area contributed by atoms with Gasteiger partial charge < -0.3 is 25.0 Å². The fraction of sp³-hybridized carbons (Fsp3) is 0.541. The van der Waals surface area contributed by atoms with E-state index in [4.69, 9.17) is 9.47 Å². The smallest absolute Gasteiger partial charge is 0.410 e. The van der Waals surface area contributed by atoms with Crippen molar-refractivity contribution < 1.29 is 33.4 Å². The summed E-state index contributed by atoms with van der Waals surface area (Å²) in [5.74, 6) is -2.10. The van der Waals surface area contributed by atoms with Gasteiger partial charge in [-0.2, -0.15) is 0 Å². The summed E-state index contributed by atoms with van der Waals surface area (Å²) in [7, 11) is 2.73. The molecule has 5 atom stereocenters. The second-order valence-corrected chi connectivity index (χ2v) is 14.7.